The van der Waals surface area contributed by atoms with Gasteiger partial charge in [-0.25, -0.2) is 26.9 Å². The van der Waals surface area contributed by atoms with E-state index in [2.05, 4.69) is 4.98 Å². The predicted molar refractivity (Wildman–Crippen MR) is 64.7 cm³/mol. The van der Waals surface area contributed by atoms with Crippen molar-refractivity contribution in [3.8, 4) is 0 Å². The quantitative estimate of drug-likeness (QED) is 0.536. The zero-order valence-corrected chi connectivity index (χ0v) is 11.0. The van der Waals surface area contributed by atoms with Crippen LogP contribution in [-0.2, 0) is 13.5 Å². The summed E-state index contributed by atoms with van der Waals surface area (Å²) in [6, 6.07) is -1.33. The van der Waals surface area contributed by atoms with Gasteiger partial charge < -0.3 is 10.3 Å². The van der Waals surface area contributed by atoms with E-state index < -0.39 is 40.7 Å². The van der Waals surface area contributed by atoms with E-state index in [4.69, 9.17) is 5.73 Å². The van der Waals surface area contributed by atoms with Gasteiger partial charge in [0.25, 0.3) is 0 Å². The lowest BCUT2D eigenvalue weighted by Crippen LogP contribution is -2.19. The minimum atomic E-state index is -2.19. The van der Waals surface area contributed by atoms with E-state index in [1.165, 1.54) is 6.20 Å². The van der Waals surface area contributed by atoms with E-state index in [1.807, 2.05) is 0 Å². The van der Waals surface area contributed by atoms with Crippen molar-refractivity contribution in [3.63, 3.8) is 0 Å². The number of aromatic nitrogens is 2. The Hall–Kier alpha value is -1.96. The summed E-state index contributed by atoms with van der Waals surface area (Å²) in [6.45, 7) is 0. The van der Waals surface area contributed by atoms with Crippen LogP contribution in [-0.4, -0.2) is 9.55 Å². The van der Waals surface area contributed by atoms with Crippen LogP contribution in [0.1, 0.15) is 23.9 Å². The van der Waals surface area contributed by atoms with Crippen molar-refractivity contribution in [3.05, 3.63) is 52.9 Å². The van der Waals surface area contributed by atoms with Crippen molar-refractivity contribution >= 4 is 0 Å². The van der Waals surface area contributed by atoms with Gasteiger partial charge in [0.15, 0.2) is 23.3 Å². The topological polar surface area (TPSA) is 43.8 Å². The molecular weight excluding hydrogens is 293 g/mol. The molecule has 0 radical (unpaired) electrons. The van der Waals surface area contributed by atoms with Crippen LogP contribution in [0.3, 0.4) is 0 Å². The van der Waals surface area contributed by atoms with E-state index in [0.29, 0.717) is 5.82 Å². The van der Waals surface area contributed by atoms with E-state index in [-0.39, 0.29) is 12.8 Å². The number of nitrogens with two attached hydrogens (primary N) is 1. The molecule has 1 aromatic carbocycles. The molecule has 3 nitrogen and oxygen atoms in total. The predicted octanol–water partition coefficient (Wildman–Crippen LogP) is 2.75. The molecular formula is C13H12F5N3. The Balaban J connectivity index is 2.27. The Labute approximate surface area is 117 Å². The van der Waals surface area contributed by atoms with E-state index in [1.54, 1.807) is 17.8 Å². The van der Waals surface area contributed by atoms with Crippen LogP contribution in [0.2, 0.25) is 0 Å². The number of nitrogens with zero attached hydrogens (tertiary/aromatic N) is 2. The summed E-state index contributed by atoms with van der Waals surface area (Å²) in [5.74, 6) is -9.36. The Kier molecular flexibility index (Phi) is 4.26. The van der Waals surface area contributed by atoms with Crippen LogP contribution in [0, 0.1) is 29.1 Å². The SMILES string of the molecule is Cn1ccnc1CCC(N)c1c(F)c(F)c(F)c(F)c1F. The maximum atomic E-state index is 13.6. The maximum absolute atomic E-state index is 13.6. The van der Waals surface area contributed by atoms with Gasteiger partial charge in [0, 0.05) is 37.5 Å². The highest BCUT2D eigenvalue weighted by molar-refractivity contribution is 5.26. The van der Waals surface area contributed by atoms with Gasteiger partial charge in [0.05, 0.1) is 0 Å². The number of imidazole rings is 1. The van der Waals surface area contributed by atoms with Crippen LogP contribution >= 0.6 is 0 Å². The summed E-state index contributed by atoms with van der Waals surface area (Å²) in [4.78, 5) is 3.99. The fraction of sp³-hybridized carbons (Fsp3) is 0.308. The van der Waals surface area contributed by atoms with E-state index in [0.717, 1.165) is 0 Å². The number of aryl methyl sites for hydroxylation is 2. The lowest BCUT2D eigenvalue weighted by atomic mass is 10.0. The average Bonchev–Trinajstić information content (AvgIpc) is 2.86. The van der Waals surface area contributed by atoms with Crippen molar-refractivity contribution in [2.75, 3.05) is 0 Å². The third-order valence-electron chi connectivity index (χ3n) is 3.21. The number of hydrogen-bond donors (Lipinski definition) is 1. The summed E-state index contributed by atoms with van der Waals surface area (Å²) in [7, 11) is 1.71. The van der Waals surface area contributed by atoms with Crippen LogP contribution < -0.4 is 5.73 Å². The Morgan fingerprint density at radius 3 is 2.05 bits per heavy atom. The third-order valence-corrected chi connectivity index (χ3v) is 3.21. The van der Waals surface area contributed by atoms with Gasteiger partial charge in [-0.3, -0.25) is 0 Å². The standard InChI is InChI=1S/C13H12F5N3/c1-21-5-4-20-7(21)3-2-6(19)8-9(14)11(16)13(18)12(17)10(8)15/h4-6H,2-3,19H2,1H3. The zero-order valence-electron chi connectivity index (χ0n) is 11.0. The lowest BCUT2D eigenvalue weighted by molar-refractivity contribution is 0.362. The molecule has 0 saturated carbocycles. The van der Waals surface area contributed by atoms with E-state index in [9.17, 15) is 22.0 Å². The van der Waals surface area contributed by atoms with Crippen molar-refractivity contribution in [2.45, 2.75) is 18.9 Å². The van der Waals surface area contributed by atoms with Crippen molar-refractivity contribution in [2.24, 2.45) is 12.8 Å². The highest BCUT2D eigenvalue weighted by Crippen LogP contribution is 2.28. The Bertz CT molecular complexity index is 639. The summed E-state index contributed by atoms with van der Waals surface area (Å²) >= 11 is 0. The van der Waals surface area contributed by atoms with Crippen LogP contribution in [0.15, 0.2) is 12.4 Å². The smallest absolute Gasteiger partial charge is 0.200 e. The summed E-state index contributed by atoms with van der Waals surface area (Å²) in [6.07, 6.45) is 3.42. The van der Waals surface area contributed by atoms with Crippen molar-refractivity contribution in [1.29, 1.82) is 0 Å². The first-order valence-corrected chi connectivity index (χ1v) is 6.07. The molecule has 0 fully saturated rings. The molecule has 1 aromatic heterocycles. The van der Waals surface area contributed by atoms with Crippen LogP contribution in [0.25, 0.3) is 0 Å². The largest absolute Gasteiger partial charge is 0.338 e. The molecule has 114 valence electrons. The van der Waals surface area contributed by atoms with Crippen LogP contribution in [0.4, 0.5) is 22.0 Å². The monoisotopic (exact) mass is 305 g/mol. The molecule has 1 atom stereocenters. The van der Waals surface area contributed by atoms with E-state index >= 15 is 0 Å². The molecule has 2 N–H and O–H groups in total. The van der Waals surface area contributed by atoms with Gasteiger partial charge in [-0.2, -0.15) is 0 Å². The highest BCUT2D eigenvalue weighted by Gasteiger charge is 2.28. The molecule has 2 aromatic rings. The summed E-state index contributed by atoms with van der Waals surface area (Å²) in [5, 5.41) is 0. The molecule has 21 heavy (non-hydrogen) atoms. The van der Waals surface area contributed by atoms with Gasteiger partial charge >= 0.3 is 0 Å². The molecule has 0 aliphatic rings. The zero-order chi connectivity index (χ0) is 15.7. The Morgan fingerprint density at radius 1 is 1.05 bits per heavy atom. The minimum absolute atomic E-state index is 0.0107. The average molecular weight is 305 g/mol. The molecule has 8 heteroatoms. The Morgan fingerprint density at radius 2 is 1.57 bits per heavy atom. The van der Waals surface area contributed by atoms with Gasteiger partial charge in [-0.05, 0) is 6.42 Å². The highest BCUT2D eigenvalue weighted by atomic mass is 19.2. The van der Waals surface area contributed by atoms with Gasteiger partial charge in [0.2, 0.25) is 5.82 Å². The van der Waals surface area contributed by atoms with Crippen molar-refractivity contribution in [1.82, 2.24) is 9.55 Å². The van der Waals surface area contributed by atoms with Gasteiger partial charge in [-0.1, -0.05) is 0 Å². The van der Waals surface area contributed by atoms with Crippen LogP contribution in [0.5, 0.6) is 0 Å². The first-order valence-electron chi connectivity index (χ1n) is 6.07. The molecule has 1 unspecified atom stereocenters. The number of rotatable bonds is 4. The van der Waals surface area contributed by atoms with Crippen molar-refractivity contribution < 1.29 is 22.0 Å². The van der Waals surface area contributed by atoms with Gasteiger partial charge in [0.1, 0.15) is 5.82 Å². The molecule has 0 saturated heterocycles. The second kappa shape index (κ2) is 5.80. The minimum Gasteiger partial charge on any atom is -0.338 e. The maximum Gasteiger partial charge on any atom is 0.200 e. The molecule has 0 aliphatic carbocycles. The number of hydrogen-bond acceptors (Lipinski definition) is 2. The summed E-state index contributed by atoms with van der Waals surface area (Å²) < 4.78 is 68.0. The first-order chi connectivity index (χ1) is 9.84. The molecule has 0 bridgehead atoms. The fourth-order valence-electron chi connectivity index (χ4n) is 2.01. The molecule has 0 spiro atoms. The number of halogens is 5. The second-order valence-corrected chi connectivity index (χ2v) is 4.58. The van der Waals surface area contributed by atoms with Gasteiger partial charge in [-0.15, -0.1) is 0 Å². The molecule has 0 amide bonds. The molecule has 1 heterocycles. The molecule has 0 aliphatic heterocycles. The second-order valence-electron chi connectivity index (χ2n) is 4.58. The lowest BCUT2D eigenvalue weighted by Gasteiger charge is -2.15. The third kappa shape index (κ3) is 2.76. The first kappa shape index (κ1) is 15.4. The summed E-state index contributed by atoms with van der Waals surface area (Å²) in [5.41, 5.74) is 4.58. The fourth-order valence-corrected chi connectivity index (χ4v) is 2.01. The number of benzene rings is 1. The normalized spacial score (nSPS) is 12.7. The molecule has 2 rings (SSSR count).